The number of hydrogen-bond acceptors (Lipinski definition) is 5. The Morgan fingerprint density at radius 1 is 1.03 bits per heavy atom. The van der Waals surface area contributed by atoms with E-state index in [2.05, 4.69) is 24.1 Å². The number of para-hydroxylation sites is 1. The summed E-state index contributed by atoms with van der Waals surface area (Å²) in [5, 5.41) is 9.24. The molecular weight excluding hydrogens is 486 g/mol. The number of anilines is 2. The van der Waals surface area contributed by atoms with Crippen LogP contribution >= 0.6 is 11.6 Å². The number of fused-ring (bicyclic) bond motifs is 1. The van der Waals surface area contributed by atoms with Crippen LogP contribution in [0.4, 0.5) is 16.3 Å². The summed E-state index contributed by atoms with van der Waals surface area (Å²) in [4.78, 5) is 27.2. The summed E-state index contributed by atoms with van der Waals surface area (Å²) in [5.41, 5.74) is 2.52. The lowest BCUT2D eigenvalue weighted by Gasteiger charge is -2.24. The smallest absolute Gasteiger partial charge is 0.321 e. The van der Waals surface area contributed by atoms with Gasteiger partial charge in [0.1, 0.15) is 11.6 Å². The molecule has 8 nitrogen and oxygen atoms in total. The maximum atomic E-state index is 13.0. The topological polar surface area (TPSA) is 79.2 Å². The van der Waals surface area contributed by atoms with Crippen LogP contribution in [0.1, 0.15) is 44.9 Å². The van der Waals surface area contributed by atoms with Crippen molar-refractivity contribution in [1.29, 1.82) is 0 Å². The first-order valence-corrected chi connectivity index (χ1v) is 13.3. The van der Waals surface area contributed by atoms with Gasteiger partial charge in [-0.1, -0.05) is 50.1 Å². The molecule has 192 valence electrons. The number of nitrogens with zero attached hydrogens (tertiary/aromatic N) is 6. The molecule has 1 saturated heterocycles. The third-order valence-electron chi connectivity index (χ3n) is 6.77. The van der Waals surface area contributed by atoms with Crippen molar-refractivity contribution in [3.63, 3.8) is 0 Å². The van der Waals surface area contributed by atoms with Gasteiger partial charge in [-0.15, -0.1) is 0 Å². The fraction of sp³-hybridized carbons (Fsp3) is 0.357. The molecule has 9 heteroatoms. The van der Waals surface area contributed by atoms with Crippen LogP contribution in [0, 0.1) is 0 Å². The normalized spacial score (nSPS) is 15.0. The Labute approximate surface area is 222 Å². The van der Waals surface area contributed by atoms with Crippen molar-refractivity contribution in [3.05, 3.63) is 71.6 Å². The van der Waals surface area contributed by atoms with E-state index in [1.165, 1.54) is 0 Å². The molecule has 1 aliphatic rings. The zero-order chi connectivity index (χ0) is 25.8. The Bertz CT molecular complexity index is 1360. The van der Waals surface area contributed by atoms with E-state index in [0.717, 1.165) is 59.9 Å². The number of benzene rings is 2. The molecule has 0 saturated carbocycles. The number of aromatic nitrogens is 4. The van der Waals surface area contributed by atoms with Gasteiger partial charge in [0.15, 0.2) is 5.65 Å². The number of carbonyl (C=O) groups is 1. The Morgan fingerprint density at radius 2 is 1.81 bits per heavy atom. The molecule has 0 spiro atoms. The van der Waals surface area contributed by atoms with E-state index in [9.17, 15) is 4.79 Å². The molecule has 0 radical (unpaired) electrons. The third kappa shape index (κ3) is 5.54. The summed E-state index contributed by atoms with van der Waals surface area (Å²) in [7, 11) is 0. The van der Waals surface area contributed by atoms with Crippen LogP contribution in [0.2, 0.25) is 5.02 Å². The first kappa shape index (κ1) is 25.0. The number of nitrogens with one attached hydrogen (secondary N) is 1. The number of carbonyl (C=O) groups excluding carboxylic acids is 1. The van der Waals surface area contributed by atoms with Crippen LogP contribution < -0.4 is 10.2 Å². The Kier molecular flexibility index (Phi) is 7.55. The van der Waals surface area contributed by atoms with Gasteiger partial charge in [-0.25, -0.2) is 19.4 Å². The van der Waals surface area contributed by atoms with Crippen LogP contribution in [0.15, 0.2) is 60.8 Å². The van der Waals surface area contributed by atoms with Gasteiger partial charge in [-0.3, -0.25) is 0 Å². The average molecular weight is 518 g/mol. The highest BCUT2D eigenvalue weighted by molar-refractivity contribution is 6.30. The molecule has 0 unspecified atom stereocenters. The van der Waals surface area contributed by atoms with Crippen molar-refractivity contribution in [2.75, 3.05) is 36.4 Å². The highest BCUT2D eigenvalue weighted by Crippen LogP contribution is 2.30. The largest absolute Gasteiger partial charge is 0.354 e. The zero-order valence-electron chi connectivity index (χ0n) is 21.3. The molecule has 0 aliphatic carbocycles. The highest BCUT2D eigenvalue weighted by atomic mass is 35.5. The molecule has 1 atom stereocenters. The van der Waals surface area contributed by atoms with Crippen LogP contribution in [-0.2, 0) is 0 Å². The van der Waals surface area contributed by atoms with Gasteiger partial charge < -0.3 is 15.1 Å². The summed E-state index contributed by atoms with van der Waals surface area (Å²) >= 11 is 5.97. The van der Waals surface area contributed by atoms with Crippen LogP contribution in [0.25, 0.3) is 16.7 Å². The lowest BCUT2D eigenvalue weighted by molar-refractivity contribution is 0.215. The Balaban J connectivity index is 1.42. The lowest BCUT2D eigenvalue weighted by atomic mass is 10.1. The van der Waals surface area contributed by atoms with Crippen molar-refractivity contribution in [2.24, 2.45) is 0 Å². The highest BCUT2D eigenvalue weighted by Gasteiger charge is 2.24. The SMILES string of the molecule is CCC[C@@H](C)c1nc(N2CCCN(C(=O)Nc3ccc(Cl)cc3)CC2)c2cnn(-c3ccccc3)c2n1. The second-order valence-corrected chi connectivity index (χ2v) is 9.93. The standard InChI is InChI=1S/C28H32ClN7O/c1-3-8-20(2)25-32-26(24-19-30-36(27(24)33-25)23-9-5-4-6-10-23)34-15-7-16-35(18-17-34)28(37)31-22-13-11-21(29)12-14-22/h4-6,9-14,19-20H,3,7-8,15-18H2,1-2H3,(H,31,37)/t20-/m1/s1. The summed E-state index contributed by atoms with van der Waals surface area (Å²) in [5.74, 6) is 1.97. The number of hydrogen-bond donors (Lipinski definition) is 1. The summed E-state index contributed by atoms with van der Waals surface area (Å²) in [6.45, 7) is 7.11. The van der Waals surface area contributed by atoms with E-state index in [1.54, 1.807) is 12.1 Å². The predicted molar refractivity (Wildman–Crippen MR) is 149 cm³/mol. The minimum atomic E-state index is -0.105. The molecular formula is C28H32ClN7O. The van der Waals surface area contributed by atoms with E-state index >= 15 is 0 Å². The maximum Gasteiger partial charge on any atom is 0.321 e. The summed E-state index contributed by atoms with van der Waals surface area (Å²) < 4.78 is 1.90. The summed E-state index contributed by atoms with van der Waals surface area (Å²) in [6, 6.07) is 17.1. The monoisotopic (exact) mass is 517 g/mol. The fourth-order valence-corrected chi connectivity index (χ4v) is 4.89. The van der Waals surface area contributed by atoms with Gasteiger partial charge in [0.05, 0.1) is 17.3 Å². The molecule has 5 rings (SSSR count). The molecule has 37 heavy (non-hydrogen) atoms. The molecule has 1 N–H and O–H groups in total. The third-order valence-corrected chi connectivity index (χ3v) is 7.02. The van der Waals surface area contributed by atoms with Crippen LogP contribution in [0.3, 0.4) is 0 Å². The van der Waals surface area contributed by atoms with Crippen molar-refractivity contribution in [2.45, 2.75) is 39.0 Å². The maximum absolute atomic E-state index is 13.0. The Hall–Kier alpha value is -3.65. The number of halogens is 1. The van der Waals surface area contributed by atoms with Gasteiger partial charge in [-0.2, -0.15) is 5.10 Å². The molecule has 2 aromatic carbocycles. The molecule has 1 fully saturated rings. The quantitative estimate of drug-likeness (QED) is 0.333. The van der Waals surface area contributed by atoms with E-state index < -0.39 is 0 Å². The molecule has 1 aliphatic heterocycles. The second-order valence-electron chi connectivity index (χ2n) is 9.49. The molecule has 0 bridgehead atoms. The second kappa shape index (κ2) is 11.2. The summed E-state index contributed by atoms with van der Waals surface area (Å²) in [6.07, 6.45) is 4.79. The molecule has 2 aromatic heterocycles. The minimum absolute atomic E-state index is 0.105. The lowest BCUT2D eigenvalue weighted by Crippen LogP contribution is -2.38. The zero-order valence-corrected chi connectivity index (χ0v) is 22.0. The van der Waals surface area contributed by atoms with Crippen molar-refractivity contribution >= 4 is 40.2 Å². The van der Waals surface area contributed by atoms with E-state index in [4.69, 9.17) is 26.7 Å². The Morgan fingerprint density at radius 3 is 2.57 bits per heavy atom. The van der Waals surface area contributed by atoms with Gasteiger partial charge in [0.2, 0.25) is 0 Å². The van der Waals surface area contributed by atoms with Gasteiger partial charge in [-0.05, 0) is 49.2 Å². The number of rotatable bonds is 6. The number of urea groups is 1. The first-order valence-electron chi connectivity index (χ1n) is 12.9. The first-order chi connectivity index (χ1) is 18.0. The fourth-order valence-electron chi connectivity index (χ4n) is 4.76. The minimum Gasteiger partial charge on any atom is -0.354 e. The van der Waals surface area contributed by atoms with Gasteiger partial charge in [0, 0.05) is 42.8 Å². The predicted octanol–water partition coefficient (Wildman–Crippen LogP) is 6.12. The van der Waals surface area contributed by atoms with E-state index in [-0.39, 0.29) is 11.9 Å². The van der Waals surface area contributed by atoms with E-state index in [0.29, 0.717) is 24.7 Å². The molecule has 2 amide bonds. The number of amides is 2. The molecule has 3 heterocycles. The van der Waals surface area contributed by atoms with Gasteiger partial charge in [0.25, 0.3) is 0 Å². The van der Waals surface area contributed by atoms with Crippen LogP contribution in [-0.4, -0.2) is 56.9 Å². The van der Waals surface area contributed by atoms with Gasteiger partial charge >= 0.3 is 6.03 Å². The van der Waals surface area contributed by atoms with Crippen molar-refractivity contribution in [1.82, 2.24) is 24.6 Å². The average Bonchev–Trinajstić information content (AvgIpc) is 3.19. The van der Waals surface area contributed by atoms with Crippen molar-refractivity contribution in [3.8, 4) is 5.69 Å². The molecule has 4 aromatic rings. The van der Waals surface area contributed by atoms with E-state index in [1.807, 2.05) is 58.2 Å². The van der Waals surface area contributed by atoms with Crippen molar-refractivity contribution < 1.29 is 4.79 Å². The van der Waals surface area contributed by atoms with Crippen LogP contribution in [0.5, 0.6) is 0 Å².